The summed E-state index contributed by atoms with van der Waals surface area (Å²) in [5.41, 5.74) is 6.09. The van der Waals surface area contributed by atoms with Crippen LogP contribution in [-0.2, 0) is 22.5 Å². The van der Waals surface area contributed by atoms with Crippen molar-refractivity contribution in [2.75, 3.05) is 38.2 Å². The number of aliphatic carboxylic acids is 1. The zero-order valence-electron chi connectivity index (χ0n) is 31.5. The van der Waals surface area contributed by atoms with E-state index in [0.29, 0.717) is 36.5 Å². The summed E-state index contributed by atoms with van der Waals surface area (Å²) in [6.45, 7) is 11.6. The first-order valence-corrected chi connectivity index (χ1v) is 19.2. The van der Waals surface area contributed by atoms with E-state index >= 15 is 0 Å². The summed E-state index contributed by atoms with van der Waals surface area (Å²) in [5.74, 6) is 0.204. The molecule has 6 rings (SSSR count). The van der Waals surface area contributed by atoms with E-state index in [4.69, 9.17) is 14.5 Å². The van der Waals surface area contributed by atoms with E-state index in [-0.39, 0.29) is 5.82 Å². The van der Waals surface area contributed by atoms with Gasteiger partial charge < -0.3 is 24.4 Å². The minimum absolute atomic E-state index is 0.241. The van der Waals surface area contributed by atoms with E-state index < -0.39 is 17.7 Å². The van der Waals surface area contributed by atoms with E-state index in [0.717, 1.165) is 72.0 Å². The normalized spacial score (nSPS) is 18.5. The first kappa shape index (κ1) is 37.3. The molecule has 7 nitrogen and oxygen atoms in total. The van der Waals surface area contributed by atoms with Crippen molar-refractivity contribution in [3.63, 3.8) is 0 Å². The Kier molecular flexibility index (Phi) is 11.7. The zero-order valence-corrected chi connectivity index (χ0v) is 31.5. The lowest BCUT2D eigenvalue weighted by molar-refractivity contribution is -0.160. The highest BCUT2D eigenvalue weighted by atomic mass is 19.1. The maximum atomic E-state index is 13.4. The third-order valence-corrected chi connectivity index (χ3v) is 11.4. The van der Waals surface area contributed by atoms with E-state index in [1.54, 1.807) is 12.1 Å². The molecule has 3 aromatic rings. The molecule has 3 aliphatic rings. The van der Waals surface area contributed by atoms with Gasteiger partial charge in [-0.15, -0.1) is 0 Å². The van der Waals surface area contributed by atoms with E-state index in [2.05, 4.69) is 29.0 Å². The number of carboxylic acids is 1. The number of hydrogen-bond donors (Lipinski definition) is 1. The highest BCUT2D eigenvalue weighted by Gasteiger charge is 2.42. The van der Waals surface area contributed by atoms with Crippen molar-refractivity contribution < 1.29 is 23.8 Å². The number of aryl methyl sites for hydroxylation is 1. The number of halogens is 1. The second-order valence-electron chi connectivity index (χ2n) is 16.5. The lowest BCUT2D eigenvalue weighted by Gasteiger charge is -2.49. The van der Waals surface area contributed by atoms with Gasteiger partial charge in [0.15, 0.2) is 6.10 Å². The predicted octanol–water partition coefficient (Wildman–Crippen LogP) is 9.54. The summed E-state index contributed by atoms with van der Waals surface area (Å²) >= 11 is 0. The summed E-state index contributed by atoms with van der Waals surface area (Å²) in [5, 5.41) is 10.7. The molecule has 2 saturated carbocycles. The molecule has 0 bridgehead atoms. The van der Waals surface area contributed by atoms with Gasteiger partial charge in [-0.2, -0.15) is 0 Å². The molecular weight excluding hydrogens is 641 g/mol. The van der Waals surface area contributed by atoms with Crippen molar-refractivity contribution >= 4 is 11.7 Å². The Labute approximate surface area is 304 Å². The van der Waals surface area contributed by atoms with Crippen LogP contribution in [0, 0.1) is 24.1 Å². The SMILES string of the molecule is Cc1nc(CN(C)CC2CCCCC2)c(-c2ccc(OCCc3ccc(F)cc3)cc2)c(N2CCC3(CCC3)CC2)c1[C@H](OC(C)(C)C)C(=O)O. The number of carbonyl (C=O) groups is 1. The molecule has 2 aliphatic carbocycles. The van der Waals surface area contributed by atoms with Crippen LogP contribution in [0.15, 0.2) is 48.5 Å². The van der Waals surface area contributed by atoms with Crippen molar-refractivity contribution in [2.24, 2.45) is 11.3 Å². The number of aromatic nitrogens is 1. The molecule has 1 aliphatic heterocycles. The monoisotopic (exact) mass is 699 g/mol. The molecule has 2 heterocycles. The minimum Gasteiger partial charge on any atom is -0.493 e. The molecule has 1 saturated heterocycles. The zero-order chi connectivity index (χ0) is 36.2. The molecule has 3 fully saturated rings. The number of benzene rings is 2. The number of anilines is 1. The van der Waals surface area contributed by atoms with Gasteiger partial charge in [-0.1, -0.05) is 49.9 Å². The van der Waals surface area contributed by atoms with Gasteiger partial charge >= 0.3 is 5.97 Å². The maximum absolute atomic E-state index is 13.4. The maximum Gasteiger partial charge on any atom is 0.337 e. The number of nitrogens with zero attached hydrogens (tertiary/aromatic N) is 3. The van der Waals surface area contributed by atoms with Gasteiger partial charge in [0, 0.05) is 49.4 Å². The Bertz CT molecular complexity index is 1610. The van der Waals surface area contributed by atoms with Crippen molar-refractivity contribution in [3.05, 3.63) is 76.9 Å². The molecule has 1 atom stereocenters. The van der Waals surface area contributed by atoms with Gasteiger partial charge in [0.05, 0.1) is 23.6 Å². The van der Waals surface area contributed by atoms with Gasteiger partial charge in [0.2, 0.25) is 0 Å². The third kappa shape index (κ3) is 9.31. The molecule has 0 amide bonds. The van der Waals surface area contributed by atoms with Gasteiger partial charge in [0.25, 0.3) is 0 Å². The summed E-state index contributed by atoms with van der Waals surface area (Å²) in [6.07, 6.45) is 12.1. The fourth-order valence-corrected chi connectivity index (χ4v) is 8.58. The molecule has 51 heavy (non-hydrogen) atoms. The fraction of sp³-hybridized carbons (Fsp3) is 0.581. The average molecular weight is 700 g/mol. The van der Waals surface area contributed by atoms with Gasteiger partial charge in [-0.05, 0) is 120 Å². The number of pyridine rings is 1. The van der Waals surface area contributed by atoms with Crippen LogP contribution in [0.1, 0.15) is 114 Å². The Morgan fingerprint density at radius 2 is 1.67 bits per heavy atom. The molecule has 2 aromatic carbocycles. The molecule has 1 aromatic heterocycles. The molecule has 8 heteroatoms. The number of piperidine rings is 1. The standard InChI is InChI=1S/C43H58FN3O4/c1-30-37(40(41(48)49)51-42(2,3)4)39(47-25-23-43(24-26-47)21-9-22-43)38(36(45-30)29-46(5)28-32-10-7-6-8-11-32)33-14-18-35(19-15-33)50-27-20-31-12-16-34(44)17-13-31/h12-19,32,40H,6-11,20-29H2,1-5H3,(H,48,49)/t40-/m0/s1. The van der Waals surface area contributed by atoms with Crippen LogP contribution in [0.4, 0.5) is 10.1 Å². The lowest BCUT2D eigenvalue weighted by Crippen LogP contribution is -2.44. The van der Waals surface area contributed by atoms with E-state index in [1.807, 2.05) is 39.8 Å². The number of rotatable bonds is 13. The van der Waals surface area contributed by atoms with Crippen molar-refractivity contribution in [1.82, 2.24) is 9.88 Å². The van der Waals surface area contributed by atoms with Gasteiger partial charge in [-0.3, -0.25) is 4.98 Å². The first-order valence-electron chi connectivity index (χ1n) is 19.2. The molecule has 0 radical (unpaired) electrons. The Hall–Kier alpha value is -3.49. The number of ether oxygens (including phenoxy) is 2. The quantitative estimate of drug-likeness (QED) is 0.191. The average Bonchev–Trinajstić information content (AvgIpc) is 3.08. The van der Waals surface area contributed by atoms with Crippen LogP contribution in [0.5, 0.6) is 5.75 Å². The van der Waals surface area contributed by atoms with Crippen LogP contribution in [0.2, 0.25) is 0 Å². The van der Waals surface area contributed by atoms with Crippen LogP contribution in [0.25, 0.3) is 11.1 Å². The predicted molar refractivity (Wildman–Crippen MR) is 202 cm³/mol. The van der Waals surface area contributed by atoms with Crippen LogP contribution >= 0.6 is 0 Å². The lowest BCUT2D eigenvalue weighted by atomic mass is 9.63. The largest absolute Gasteiger partial charge is 0.493 e. The number of hydrogen-bond acceptors (Lipinski definition) is 6. The molecule has 276 valence electrons. The van der Waals surface area contributed by atoms with Crippen molar-refractivity contribution in [1.29, 1.82) is 0 Å². The summed E-state index contributed by atoms with van der Waals surface area (Å²) in [6, 6.07) is 14.7. The smallest absolute Gasteiger partial charge is 0.337 e. The molecule has 1 N–H and O–H groups in total. The molecule has 1 spiro atoms. The van der Waals surface area contributed by atoms with Crippen molar-refractivity contribution in [3.8, 4) is 16.9 Å². The van der Waals surface area contributed by atoms with E-state index in [9.17, 15) is 14.3 Å². The minimum atomic E-state index is -1.16. The molecule has 0 unspecified atom stereocenters. The highest BCUT2D eigenvalue weighted by molar-refractivity contribution is 5.88. The van der Waals surface area contributed by atoms with Crippen LogP contribution in [-0.4, -0.2) is 59.8 Å². The summed E-state index contributed by atoms with van der Waals surface area (Å²) in [4.78, 5) is 23.2. The van der Waals surface area contributed by atoms with Gasteiger partial charge in [-0.25, -0.2) is 9.18 Å². The second kappa shape index (κ2) is 16.0. The Balaban J connectivity index is 1.39. The fourth-order valence-electron chi connectivity index (χ4n) is 8.58. The first-order chi connectivity index (χ1) is 24.4. The Morgan fingerprint density at radius 3 is 2.25 bits per heavy atom. The summed E-state index contributed by atoms with van der Waals surface area (Å²) < 4.78 is 25.9. The van der Waals surface area contributed by atoms with Crippen molar-refractivity contribution in [2.45, 2.75) is 117 Å². The number of carboxylic acid groups (broad SMARTS) is 1. The summed E-state index contributed by atoms with van der Waals surface area (Å²) in [7, 11) is 2.20. The second-order valence-corrected chi connectivity index (χ2v) is 16.5. The molecular formula is C43H58FN3O4. The van der Waals surface area contributed by atoms with Crippen LogP contribution in [0.3, 0.4) is 0 Å². The Morgan fingerprint density at radius 1 is 1.00 bits per heavy atom. The van der Waals surface area contributed by atoms with E-state index in [1.165, 1.54) is 63.5 Å². The highest BCUT2D eigenvalue weighted by Crippen LogP contribution is 2.51. The topological polar surface area (TPSA) is 75.1 Å². The third-order valence-electron chi connectivity index (χ3n) is 11.4. The van der Waals surface area contributed by atoms with Gasteiger partial charge in [0.1, 0.15) is 11.6 Å². The van der Waals surface area contributed by atoms with Crippen LogP contribution < -0.4 is 9.64 Å².